The summed E-state index contributed by atoms with van der Waals surface area (Å²) in [6, 6.07) is 0.0185. The molecule has 0 spiro atoms. The predicted octanol–water partition coefficient (Wildman–Crippen LogP) is 1.87. The van der Waals surface area contributed by atoms with Crippen LogP contribution in [0.3, 0.4) is 0 Å². The zero-order valence-electron chi connectivity index (χ0n) is 10.4. The van der Waals surface area contributed by atoms with Gasteiger partial charge in [0.1, 0.15) is 6.26 Å². The molecule has 2 heterocycles. The van der Waals surface area contributed by atoms with E-state index >= 15 is 0 Å². The van der Waals surface area contributed by atoms with E-state index in [0.717, 1.165) is 18.7 Å². The lowest BCUT2D eigenvalue weighted by molar-refractivity contribution is -0.122. The van der Waals surface area contributed by atoms with E-state index in [1.54, 1.807) is 6.26 Å². The molecule has 1 atom stereocenters. The van der Waals surface area contributed by atoms with Gasteiger partial charge in [0.15, 0.2) is 5.78 Å². The molecule has 5 heteroatoms. The standard InChI is InChI=1S/C12H18N2O2.ClH/c1-12(2,3)10-7-16-11(14-10)6-9(15)8-4-5-13-8;/h7-8,13H,4-6H2,1-3H3;1H/t8-;/m0./s1. The van der Waals surface area contributed by atoms with Crippen molar-refractivity contribution in [3.05, 3.63) is 17.8 Å². The van der Waals surface area contributed by atoms with Crippen LogP contribution in [0, 0.1) is 0 Å². The smallest absolute Gasteiger partial charge is 0.201 e. The van der Waals surface area contributed by atoms with Gasteiger partial charge in [0, 0.05) is 5.41 Å². The Hall–Kier alpha value is -0.870. The molecule has 0 aliphatic carbocycles. The maximum Gasteiger partial charge on any atom is 0.201 e. The van der Waals surface area contributed by atoms with Gasteiger partial charge in [-0.3, -0.25) is 4.79 Å². The van der Waals surface area contributed by atoms with Gasteiger partial charge in [0.25, 0.3) is 0 Å². The van der Waals surface area contributed by atoms with Crippen molar-refractivity contribution >= 4 is 18.2 Å². The van der Waals surface area contributed by atoms with Gasteiger partial charge in [0.05, 0.1) is 18.2 Å². The van der Waals surface area contributed by atoms with Crippen LogP contribution in [0.15, 0.2) is 10.7 Å². The van der Waals surface area contributed by atoms with Gasteiger partial charge in [-0.2, -0.15) is 0 Å². The summed E-state index contributed by atoms with van der Waals surface area (Å²) < 4.78 is 5.32. The van der Waals surface area contributed by atoms with Crippen molar-refractivity contribution in [3.8, 4) is 0 Å². The number of rotatable bonds is 3. The molecule has 0 aromatic carbocycles. The number of halogens is 1. The maximum absolute atomic E-state index is 11.7. The number of carbonyl (C=O) groups excluding carboxylic acids is 1. The molecule has 1 N–H and O–H groups in total. The summed E-state index contributed by atoms with van der Waals surface area (Å²) in [6.45, 7) is 7.16. The predicted molar refractivity (Wildman–Crippen MR) is 67.6 cm³/mol. The van der Waals surface area contributed by atoms with E-state index < -0.39 is 0 Å². The van der Waals surface area contributed by atoms with E-state index in [1.165, 1.54) is 0 Å². The first kappa shape index (κ1) is 14.2. The normalized spacial score (nSPS) is 19.4. The van der Waals surface area contributed by atoms with E-state index in [9.17, 15) is 4.79 Å². The van der Waals surface area contributed by atoms with Crippen molar-refractivity contribution in [2.24, 2.45) is 0 Å². The fourth-order valence-electron chi connectivity index (χ4n) is 1.57. The Labute approximate surface area is 108 Å². The number of hydrogen-bond donors (Lipinski definition) is 1. The largest absolute Gasteiger partial charge is 0.448 e. The monoisotopic (exact) mass is 258 g/mol. The minimum absolute atomic E-state index is 0. The number of oxazole rings is 1. The second-order valence-corrected chi connectivity index (χ2v) is 5.31. The molecule has 1 fully saturated rings. The third kappa shape index (κ3) is 3.30. The molecule has 1 aliphatic heterocycles. The number of ketones is 1. The molecule has 0 bridgehead atoms. The lowest BCUT2D eigenvalue weighted by atomic mass is 9.93. The van der Waals surface area contributed by atoms with Crippen molar-refractivity contribution in [2.75, 3.05) is 6.54 Å². The Morgan fingerprint density at radius 3 is 2.65 bits per heavy atom. The van der Waals surface area contributed by atoms with Gasteiger partial charge in [-0.15, -0.1) is 12.4 Å². The van der Waals surface area contributed by atoms with Gasteiger partial charge in [0.2, 0.25) is 5.89 Å². The fraction of sp³-hybridized carbons (Fsp3) is 0.667. The number of nitrogens with one attached hydrogen (secondary N) is 1. The van der Waals surface area contributed by atoms with E-state index in [1.807, 2.05) is 0 Å². The molecule has 1 aromatic heterocycles. The molecule has 4 nitrogen and oxygen atoms in total. The van der Waals surface area contributed by atoms with E-state index in [-0.39, 0.29) is 29.6 Å². The Morgan fingerprint density at radius 1 is 1.59 bits per heavy atom. The van der Waals surface area contributed by atoms with Gasteiger partial charge < -0.3 is 9.73 Å². The van der Waals surface area contributed by atoms with Gasteiger partial charge >= 0.3 is 0 Å². The molecule has 1 aliphatic rings. The molecule has 0 amide bonds. The topological polar surface area (TPSA) is 55.1 Å². The summed E-state index contributed by atoms with van der Waals surface area (Å²) >= 11 is 0. The zero-order valence-corrected chi connectivity index (χ0v) is 11.3. The highest BCUT2D eigenvalue weighted by Gasteiger charge is 2.26. The van der Waals surface area contributed by atoms with Crippen LogP contribution in [0.4, 0.5) is 0 Å². The van der Waals surface area contributed by atoms with E-state index in [0.29, 0.717) is 12.3 Å². The minimum Gasteiger partial charge on any atom is -0.448 e. The first-order chi connectivity index (χ1) is 7.47. The average Bonchev–Trinajstić information content (AvgIpc) is 2.47. The molecular formula is C12H19ClN2O2. The highest BCUT2D eigenvalue weighted by atomic mass is 35.5. The second kappa shape index (κ2) is 5.19. The molecule has 2 rings (SSSR count). The Morgan fingerprint density at radius 2 is 2.24 bits per heavy atom. The molecular weight excluding hydrogens is 240 g/mol. The van der Waals surface area contributed by atoms with Crippen molar-refractivity contribution in [1.29, 1.82) is 0 Å². The summed E-state index contributed by atoms with van der Waals surface area (Å²) in [5.74, 6) is 0.706. The molecule has 17 heavy (non-hydrogen) atoms. The molecule has 1 aromatic rings. The Balaban J connectivity index is 0.00000144. The summed E-state index contributed by atoms with van der Waals surface area (Å²) in [5, 5.41) is 3.08. The maximum atomic E-state index is 11.7. The van der Waals surface area contributed by atoms with Crippen LogP contribution in [-0.4, -0.2) is 23.4 Å². The number of carbonyl (C=O) groups is 1. The van der Waals surface area contributed by atoms with Crippen molar-refractivity contribution in [1.82, 2.24) is 10.3 Å². The first-order valence-electron chi connectivity index (χ1n) is 5.68. The molecule has 0 saturated carbocycles. The lowest BCUT2D eigenvalue weighted by Gasteiger charge is -2.25. The molecule has 0 unspecified atom stereocenters. The van der Waals surface area contributed by atoms with Crippen LogP contribution in [0.25, 0.3) is 0 Å². The Bertz CT molecular complexity index is 391. The van der Waals surface area contributed by atoms with E-state index in [4.69, 9.17) is 4.42 Å². The van der Waals surface area contributed by atoms with E-state index in [2.05, 4.69) is 31.1 Å². The highest BCUT2D eigenvalue weighted by Crippen LogP contribution is 2.21. The fourth-order valence-corrected chi connectivity index (χ4v) is 1.57. The van der Waals surface area contributed by atoms with Crippen molar-refractivity contribution in [2.45, 2.75) is 45.1 Å². The molecule has 1 saturated heterocycles. The van der Waals surface area contributed by atoms with Crippen LogP contribution < -0.4 is 5.32 Å². The SMILES string of the molecule is CC(C)(C)c1coc(CC(=O)[C@@H]2CCN2)n1.Cl. The third-order valence-corrected chi connectivity index (χ3v) is 2.86. The first-order valence-corrected chi connectivity index (χ1v) is 5.68. The summed E-state index contributed by atoms with van der Waals surface area (Å²) in [5.41, 5.74) is 0.872. The van der Waals surface area contributed by atoms with Crippen molar-refractivity contribution in [3.63, 3.8) is 0 Å². The summed E-state index contributed by atoms with van der Waals surface area (Å²) in [7, 11) is 0. The summed E-state index contributed by atoms with van der Waals surface area (Å²) in [6.07, 6.45) is 2.89. The van der Waals surface area contributed by atoms with Crippen LogP contribution in [0.1, 0.15) is 38.8 Å². The Kier molecular flexibility index (Phi) is 4.33. The number of hydrogen-bond acceptors (Lipinski definition) is 4. The number of Topliss-reactive ketones (excluding diaryl/α,β-unsaturated/α-hetero) is 1. The third-order valence-electron chi connectivity index (χ3n) is 2.86. The van der Waals surface area contributed by atoms with Gasteiger partial charge in [-0.1, -0.05) is 20.8 Å². The van der Waals surface area contributed by atoms with Crippen LogP contribution in [0.2, 0.25) is 0 Å². The molecule has 96 valence electrons. The quantitative estimate of drug-likeness (QED) is 0.899. The second-order valence-electron chi connectivity index (χ2n) is 5.31. The number of nitrogens with zero attached hydrogens (tertiary/aromatic N) is 1. The number of aromatic nitrogens is 1. The van der Waals surface area contributed by atoms with Gasteiger partial charge in [-0.25, -0.2) is 4.98 Å². The zero-order chi connectivity index (χ0) is 11.8. The average molecular weight is 259 g/mol. The molecule has 0 radical (unpaired) electrons. The van der Waals surface area contributed by atoms with Crippen LogP contribution in [0.5, 0.6) is 0 Å². The van der Waals surface area contributed by atoms with Gasteiger partial charge in [-0.05, 0) is 13.0 Å². The summed E-state index contributed by atoms with van der Waals surface area (Å²) in [4.78, 5) is 16.0. The van der Waals surface area contributed by atoms with Crippen molar-refractivity contribution < 1.29 is 9.21 Å². The van der Waals surface area contributed by atoms with Crippen LogP contribution >= 0.6 is 12.4 Å². The lowest BCUT2D eigenvalue weighted by Crippen LogP contribution is -2.49. The highest BCUT2D eigenvalue weighted by molar-refractivity contribution is 5.86. The minimum atomic E-state index is -0.0283. The van der Waals surface area contributed by atoms with Crippen LogP contribution in [-0.2, 0) is 16.6 Å².